The molecule has 8 heteroatoms. The monoisotopic (exact) mass is 428 g/mol. The summed E-state index contributed by atoms with van der Waals surface area (Å²) in [5.74, 6) is 0.784. The van der Waals surface area contributed by atoms with Crippen LogP contribution in [0.4, 0.5) is 11.4 Å². The van der Waals surface area contributed by atoms with Gasteiger partial charge in [-0.2, -0.15) is 0 Å². The molecule has 1 aliphatic carbocycles. The summed E-state index contributed by atoms with van der Waals surface area (Å²) in [6.07, 6.45) is 8.13. The van der Waals surface area contributed by atoms with Gasteiger partial charge in [-0.25, -0.2) is 4.98 Å². The number of rotatable bonds is 7. The number of aromatic nitrogens is 2. The number of hydrogen-bond donors (Lipinski definition) is 2. The Morgan fingerprint density at radius 3 is 2.72 bits per heavy atom. The number of carbonyl (C=O) groups is 1. The van der Waals surface area contributed by atoms with Crippen molar-refractivity contribution >= 4 is 45.3 Å². The molecule has 1 fully saturated rings. The molecule has 0 spiro atoms. The van der Waals surface area contributed by atoms with Crippen molar-refractivity contribution in [1.82, 2.24) is 9.38 Å². The Morgan fingerprint density at radius 1 is 1.17 bits per heavy atom. The number of fused-ring (bicyclic) bond motifs is 1. The summed E-state index contributed by atoms with van der Waals surface area (Å²) in [6.45, 7) is 0. The molecule has 0 saturated heterocycles. The smallest absolute Gasteiger partial charge is 0.258 e. The van der Waals surface area contributed by atoms with Gasteiger partial charge in [0, 0.05) is 40.8 Å². The summed E-state index contributed by atoms with van der Waals surface area (Å²) < 4.78 is 1.53. The first kappa shape index (κ1) is 20.0. The van der Waals surface area contributed by atoms with E-state index in [1.807, 2.05) is 29.6 Å². The van der Waals surface area contributed by atoms with E-state index < -0.39 is 0 Å². The zero-order chi connectivity index (χ0) is 20.1. The average Bonchev–Trinajstić information content (AvgIpc) is 3.20. The summed E-state index contributed by atoms with van der Waals surface area (Å²) in [5, 5.41) is 8.34. The molecule has 6 nitrogen and oxygen atoms in total. The summed E-state index contributed by atoms with van der Waals surface area (Å²) >= 11 is 2.88. The first-order chi connectivity index (χ1) is 14.2. The lowest BCUT2D eigenvalue weighted by Gasteiger charge is -2.23. The van der Waals surface area contributed by atoms with Gasteiger partial charge in [-0.05, 0) is 37.1 Å². The van der Waals surface area contributed by atoms with Crippen molar-refractivity contribution in [3.8, 4) is 0 Å². The number of carbonyl (C=O) groups excluding carboxylic acids is 1. The number of anilines is 2. The van der Waals surface area contributed by atoms with Crippen LogP contribution in [0.2, 0.25) is 0 Å². The molecule has 29 heavy (non-hydrogen) atoms. The molecule has 152 valence electrons. The minimum Gasteiger partial charge on any atom is -0.382 e. The van der Waals surface area contributed by atoms with Crippen LogP contribution in [0, 0.1) is 0 Å². The standard InChI is InChI=1S/C21H24N4O2S2/c26-19(14-28-13-18-12-20(27)25-10-11-29-21(25)24-18)23-17-8-6-16(7-9-17)22-15-4-2-1-3-5-15/h6-12,15,22H,1-5,13-14H2,(H,23,26). The summed E-state index contributed by atoms with van der Waals surface area (Å²) in [7, 11) is 0. The zero-order valence-corrected chi connectivity index (χ0v) is 17.7. The molecule has 0 bridgehead atoms. The van der Waals surface area contributed by atoms with Gasteiger partial charge in [-0.15, -0.1) is 23.1 Å². The molecule has 0 aliphatic heterocycles. The van der Waals surface area contributed by atoms with Gasteiger partial charge in [-0.1, -0.05) is 19.3 Å². The predicted octanol–water partition coefficient (Wildman–Crippen LogP) is 4.37. The van der Waals surface area contributed by atoms with Crippen LogP contribution in [0.5, 0.6) is 0 Å². The zero-order valence-electron chi connectivity index (χ0n) is 16.1. The molecule has 2 heterocycles. The Balaban J connectivity index is 1.24. The van der Waals surface area contributed by atoms with Gasteiger partial charge in [0.25, 0.3) is 5.56 Å². The SMILES string of the molecule is O=C(CSCc1cc(=O)n2ccsc2n1)Nc1ccc(NC2CCCCC2)cc1. The van der Waals surface area contributed by atoms with Crippen molar-refractivity contribution in [2.75, 3.05) is 16.4 Å². The molecule has 2 aromatic heterocycles. The van der Waals surface area contributed by atoms with E-state index in [9.17, 15) is 9.59 Å². The summed E-state index contributed by atoms with van der Waals surface area (Å²) in [5.41, 5.74) is 2.51. The fraction of sp³-hybridized carbons (Fsp3) is 0.381. The van der Waals surface area contributed by atoms with Crippen LogP contribution in [-0.2, 0) is 10.5 Å². The molecule has 1 aliphatic rings. The third-order valence-corrected chi connectivity index (χ3v) is 6.71. The Labute approximate surface area is 177 Å². The average molecular weight is 429 g/mol. The fourth-order valence-electron chi connectivity index (χ4n) is 3.54. The van der Waals surface area contributed by atoms with Crippen molar-refractivity contribution in [3.05, 3.63) is 58.0 Å². The number of amides is 1. The molecule has 4 rings (SSSR count). The summed E-state index contributed by atoms with van der Waals surface area (Å²) in [6, 6.07) is 10.00. The van der Waals surface area contributed by atoms with E-state index >= 15 is 0 Å². The Morgan fingerprint density at radius 2 is 1.93 bits per heavy atom. The van der Waals surface area contributed by atoms with Gasteiger partial charge < -0.3 is 10.6 Å². The Hall–Kier alpha value is -2.32. The van der Waals surface area contributed by atoms with E-state index in [1.165, 1.54) is 65.7 Å². The number of nitrogens with zero attached hydrogens (tertiary/aromatic N) is 2. The normalized spacial score (nSPS) is 14.8. The molecule has 1 amide bonds. The molecule has 1 aromatic carbocycles. The van der Waals surface area contributed by atoms with Gasteiger partial charge in [0.2, 0.25) is 5.91 Å². The number of thioether (sulfide) groups is 1. The van der Waals surface area contributed by atoms with Gasteiger partial charge in [-0.3, -0.25) is 14.0 Å². The van der Waals surface area contributed by atoms with Crippen LogP contribution in [-0.4, -0.2) is 27.1 Å². The maximum atomic E-state index is 12.2. The van der Waals surface area contributed by atoms with Gasteiger partial charge >= 0.3 is 0 Å². The minimum atomic E-state index is -0.0850. The van der Waals surface area contributed by atoms with Gasteiger partial charge in [0.05, 0.1) is 11.4 Å². The lowest BCUT2D eigenvalue weighted by Crippen LogP contribution is -2.22. The second-order valence-electron chi connectivity index (χ2n) is 7.24. The molecular weight excluding hydrogens is 404 g/mol. The molecule has 3 aromatic rings. The lowest BCUT2D eigenvalue weighted by atomic mass is 9.95. The summed E-state index contributed by atoms with van der Waals surface area (Å²) in [4.78, 5) is 29.3. The van der Waals surface area contributed by atoms with Crippen LogP contribution in [0.25, 0.3) is 4.96 Å². The molecule has 2 N–H and O–H groups in total. The van der Waals surface area contributed by atoms with Gasteiger partial charge in [0.15, 0.2) is 4.96 Å². The lowest BCUT2D eigenvalue weighted by molar-refractivity contribution is -0.113. The van der Waals surface area contributed by atoms with Crippen LogP contribution in [0.15, 0.2) is 46.7 Å². The van der Waals surface area contributed by atoms with Crippen molar-refractivity contribution in [1.29, 1.82) is 0 Å². The largest absolute Gasteiger partial charge is 0.382 e. The number of hydrogen-bond acceptors (Lipinski definition) is 6. The molecule has 0 atom stereocenters. The minimum absolute atomic E-state index is 0.0584. The van der Waals surface area contributed by atoms with E-state index in [-0.39, 0.29) is 11.5 Å². The highest BCUT2D eigenvalue weighted by Crippen LogP contribution is 2.22. The van der Waals surface area contributed by atoms with E-state index in [1.54, 1.807) is 6.20 Å². The number of thiazole rings is 1. The first-order valence-corrected chi connectivity index (χ1v) is 11.9. The maximum Gasteiger partial charge on any atom is 0.258 e. The van der Waals surface area contributed by atoms with Crippen molar-refractivity contribution < 1.29 is 4.79 Å². The Bertz CT molecular complexity index is 1020. The molecular formula is C21H24N4O2S2. The van der Waals surface area contributed by atoms with Crippen molar-refractivity contribution in [2.24, 2.45) is 0 Å². The van der Waals surface area contributed by atoms with Crippen LogP contribution in [0.3, 0.4) is 0 Å². The number of benzene rings is 1. The fourth-order valence-corrected chi connectivity index (χ4v) is 4.99. The molecule has 1 saturated carbocycles. The predicted molar refractivity (Wildman–Crippen MR) is 121 cm³/mol. The van der Waals surface area contributed by atoms with Crippen LogP contribution < -0.4 is 16.2 Å². The third kappa shape index (κ3) is 5.39. The third-order valence-electron chi connectivity index (χ3n) is 4.98. The van der Waals surface area contributed by atoms with E-state index in [2.05, 4.69) is 15.6 Å². The highest BCUT2D eigenvalue weighted by molar-refractivity contribution is 7.99. The van der Waals surface area contributed by atoms with Gasteiger partial charge in [0.1, 0.15) is 0 Å². The highest BCUT2D eigenvalue weighted by Gasteiger charge is 2.13. The first-order valence-electron chi connectivity index (χ1n) is 9.87. The van der Waals surface area contributed by atoms with E-state index in [4.69, 9.17) is 0 Å². The molecule has 0 unspecified atom stereocenters. The maximum absolute atomic E-state index is 12.2. The van der Waals surface area contributed by atoms with Crippen molar-refractivity contribution in [3.63, 3.8) is 0 Å². The molecule has 0 radical (unpaired) electrons. The second kappa shape index (κ2) is 9.45. The van der Waals surface area contributed by atoms with Crippen molar-refractivity contribution in [2.45, 2.75) is 43.9 Å². The van der Waals surface area contributed by atoms with Crippen LogP contribution in [0.1, 0.15) is 37.8 Å². The highest BCUT2D eigenvalue weighted by atomic mass is 32.2. The quantitative estimate of drug-likeness (QED) is 0.584. The topological polar surface area (TPSA) is 75.5 Å². The Kier molecular flexibility index (Phi) is 6.51. The second-order valence-corrected chi connectivity index (χ2v) is 9.10. The van der Waals surface area contributed by atoms with E-state index in [0.29, 0.717) is 28.2 Å². The van der Waals surface area contributed by atoms with Crippen LogP contribution >= 0.6 is 23.1 Å². The van der Waals surface area contributed by atoms with E-state index in [0.717, 1.165) is 11.4 Å². The number of nitrogens with one attached hydrogen (secondary N) is 2.